The fourth-order valence-corrected chi connectivity index (χ4v) is 6.05. The van der Waals surface area contributed by atoms with Crippen molar-refractivity contribution in [3.63, 3.8) is 0 Å². The molecule has 2 aromatic heterocycles. The summed E-state index contributed by atoms with van der Waals surface area (Å²) < 4.78 is 1.87. The molecular formula is C20H20Cl2N2OS2. The van der Waals surface area contributed by atoms with E-state index in [0.29, 0.717) is 22.3 Å². The average Bonchev–Trinajstić information content (AvgIpc) is 3.22. The number of benzene rings is 1. The van der Waals surface area contributed by atoms with Crippen LogP contribution in [0.2, 0.25) is 10.0 Å². The highest BCUT2D eigenvalue weighted by atomic mass is 35.5. The Morgan fingerprint density at radius 3 is 2.89 bits per heavy atom. The topological polar surface area (TPSA) is 34.9 Å². The van der Waals surface area contributed by atoms with Gasteiger partial charge in [-0.2, -0.15) is 0 Å². The maximum Gasteiger partial charge on any atom is 0.263 e. The number of hydrogen-bond acceptors (Lipinski definition) is 4. The summed E-state index contributed by atoms with van der Waals surface area (Å²) in [4.78, 5) is 20.4. The molecule has 27 heavy (non-hydrogen) atoms. The molecule has 0 spiro atoms. The average molecular weight is 439 g/mol. The van der Waals surface area contributed by atoms with E-state index in [4.69, 9.17) is 28.2 Å². The summed E-state index contributed by atoms with van der Waals surface area (Å²) in [6.07, 6.45) is 5.26. The van der Waals surface area contributed by atoms with Crippen molar-refractivity contribution in [2.75, 3.05) is 0 Å². The molecule has 2 heterocycles. The van der Waals surface area contributed by atoms with Crippen LogP contribution in [-0.4, -0.2) is 9.55 Å². The quantitative estimate of drug-likeness (QED) is 0.332. The fraction of sp³-hybridized carbons (Fsp3) is 0.400. The van der Waals surface area contributed by atoms with Gasteiger partial charge in [0.05, 0.1) is 15.4 Å². The summed E-state index contributed by atoms with van der Waals surface area (Å²) in [6.45, 7) is 2.86. The number of hydrogen-bond donors (Lipinski definition) is 0. The first kappa shape index (κ1) is 19.3. The Hall–Kier alpha value is -1.01. The van der Waals surface area contributed by atoms with Gasteiger partial charge in [-0.05, 0) is 48.9 Å². The summed E-state index contributed by atoms with van der Waals surface area (Å²) >= 11 is 15.4. The Morgan fingerprint density at radius 2 is 2.11 bits per heavy atom. The van der Waals surface area contributed by atoms with Crippen LogP contribution in [-0.2, 0) is 25.1 Å². The van der Waals surface area contributed by atoms with E-state index >= 15 is 0 Å². The number of halogens is 2. The Labute approximate surface area is 176 Å². The second-order valence-corrected chi connectivity index (χ2v) is 9.62. The number of thiophene rings is 1. The fourth-order valence-electron chi connectivity index (χ4n) is 3.46. The molecule has 0 saturated carbocycles. The Kier molecular flexibility index (Phi) is 5.83. The smallest absolute Gasteiger partial charge is 0.263 e. The van der Waals surface area contributed by atoms with Crippen LogP contribution in [0.4, 0.5) is 0 Å². The summed E-state index contributed by atoms with van der Waals surface area (Å²) in [5.41, 5.74) is 2.45. The maximum atomic E-state index is 13.3. The van der Waals surface area contributed by atoms with Gasteiger partial charge < -0.3 is 0 Å². The van der Waals surface area contributed by atoms with Crippen molar-refractivity contribution in [3.8, 4) is 0 Å². The molecule has 1 aliphatic carbocycles. The molecule has 7 heteroatoms. The molecule has 0 atom stereocenters. The van der Waals surface area contributed by atoms with Crippen molar-refractivity contribution in [1.82, 2.24) is 9.55 Å². The summed E-state index contributed by atoms with van der Waals surface area (Å²) in [5.74, 6) is 0.700. The number of fused-ring (bicyclic) bond motifs is 3. The lowest BCUT2D eigenvalue weighted by atomic mass is 10.2. The highest BCUT2D eigenvalue weighted by Gasteiger charge is 2.23. The first-order valence-electron chi connectivity index (χ1n) is 9.20. The van der Waals surface area contributed by atoms with Gasteiger partial charge in [-0.25, -0.2) is 4.98 Å². The van der Waals surface area contributed by atoms with Crippen LogP contribution >= 0.6 is 46.3 Å². The SMILES string of the molecule is CCCCn1c(SCc2ccc(Cl)c(Cl)c2)nc2sc3c(c2c1=O)CCC3. The molecule has 3 nitrogen and oxygen atoms in total. The lowest BCUT2D eigenvalue weighted by Gasteiger charge is -2.12. The molecule has 0 N–H and O–H groups in total. The van der Waals surface area contributed by atoms with E-state index in [1.165, 1.54) is 10.4 Å². The molecule has 0 amide bonds. The van der Waals surface area contributed by atoms with Crippen LogP contribution in [0, 0.1) is 0 Å². The van der Waals surface area contributed by atoms with E-state index in [1.807, 2.05) is 22.8 Å². The molecule has 1 aromatic carbocycles. The van der Waals surface area contributed by atoms with Crippen LogP contribution in [0.25, 0.3) is 10.2 Å². The zero-order chi connectivity index (χ0) is 19.0. The molecule has 0 bridgehead atoms. The first-order chi connectivity index (χ1) is 13.1. The van der Waals surface area contributed by atoms with Gasteiger partial charge in [0.25, 0.3) is 5.56 Å². The number of aromatic nitrogens is 2. The molecule has 0 aliphatic heterocycles. The minimum Gasteiger partial charge on any atom is -0.287 e. The van der Waals surface area contributed by atoms with Gasteiger partial charge in [0.2, 0.25) is 0 Å². The molecule has 3 aromatic rings. The van der Waals surface area contributed by atoms with Crippen LogP contribution in [0.1, 0.15) is 42.2 Å². The summed E-state index contributed by atoms with van der Waals surface area (Å²) in [5, 5.41) is 2.77. The molecule has 4 rings (SSSR count). The predicted octanol–water partition coefficient (Wildman–Crippen LogP) is 6.35. The van der Waals surface area contributed by atoms with E-state index in [9.17, 15) is 4.79 Å². The molecule has 1 aliphatic rings. The molecule has 0 fully saturated rings. The monoisotopic (exact) mass is 438 g/mol. The minimum absolute atomic E-state index is 0.129. The third-order valence-corrected chi connectivity index (χ3v) is 7.85. The van der Waals surface area contributed by atoms with Gasteiger partial charge in [-0.15, -0.1) is 11.3 Å². The van der Waals surface area contributed by atoms with Gasteiger partial charge in [0.15, 0.2) is 5.16 Å². The zero-order valence-corrected chi connectivity index (χ0v) is 18.2. The second kappa shape index (κ2) is 8.16. The van der Waals surface area contributed by atoms with Crippen molar-refractivity contribution in [3.05, 3.63) is 54.6 Å². The third kappa shape index (κ3) is 3.80. The highest BCUT2D eigenvalue weighted by molar-refractivity contribution is 7.98. The molecule has 0 unspecified atom stereocenters. The van der Waals surface area contributed by atoms with Crippen LogP contribution in [0.5, 0.6) is 0 Å². The normalized spacial score (nSPS) is 13.4. The number of thioether (sulfide) groups is 1. The molecule has 142 valence electrons. The van der Waals surface area contributed by atoms with Gasteiger partial charge in [-0.3, -0.25) is 9.36 Å². The highest BCUT2D eigenvalue weighted by Crippen LogP contribution is 2.36. The van der Waals surface area contributed by atoms with Crippen molar-refractivity contribution >= 4 is 56.5 Å². The molecule has 0 saturated heterocycles. The Bertz CT molecular complexity index is 1060. The van der Waals surface area contributed by atoms with Crippen LogP contribution in [0.3, 0.4) is 0 Å². The van der Waals surface area contributed by atoms with Crippen molar-refractivity contribution < 1.29 is 0 Å². The van der Waals surface area contributed by atoms with Crippen molar-refractivity contribution in [2.45, 2.75) is 56.5 Å². The van der Waals surface area contributed by atoms with Gasteiger partial charge in [0, 0.05) is 17.2 Å². The lowest BCUT2D eigenvalue weighted by molar-refractivity contribution is 0.558. The van der Waals surface area contributed by atoms with E-state index in [1.54, 1.807) is 23.1 Å². The van der Waals surface area contributed by atoms with Gasteiger partial charge in [0.1, 0.15) is 4.83 Å². The summed E-state index contributed by atoms with van der Waals surface area (Å²) in [7, 11) is 0. The maximum absolute atomic E-state index is 13.3. The van der Waals surface area contributed by atoms with Gasteiger partial charge in [-0.1, -0.05) is 54.4 Å². The number of aryl methyl sites for hydroxylation is 2. The standard InChI is InChI=1S/C20H20Cl2N2OS2/c1-2-3-9-24-19(25)17-13-5-4-6-16(13)27-18(17)23-20(24)26-11-12-7-8-14(21)15(22)10-12/h7-8,10H,2-6,9,11H2,1H3. The van der Waals surface area contributed by atoms with Crippen LogP contribution in [0.15, 0.2) is 28.2 Å². The van der Waals surface area contributed by atoms with E-state index < -0.39 is 0 Å². The van der Waals surface area contributed by atoms with E-state index in [-0.39, 0.29) is 5.56 Å². The number of unbranched alkanes of at least 4 members (excludes halogenated alkanes) is 1. The number of nitrogens with zero attached hydrogens (tertiary/aromatic N) is 2. The van der Waals surface area contributed by atoms with Crippen molar-refractivity contribution in [2.24, 2.45) is 0 Å². The van der Waals surface area contributed by atoms with Gasteiger partial charge >= 0.3 is 0 Å². The number of rotatable bonds is 6. The Morgan fingerprint density at radius 1 is 1.26 bits per heavy atom. The molecule has 0 radical (unpaired) electrons. The van der Waals surface area contributed by atoms with E-state index in [0.717, 1.165) is 53.0 Å². The largest absolute Gasteiger partial charge is 0.287 e. The van der Waals surface area contributed by atoms with E-state index in [2.05, 4.69) is 6.92 Å². The second-order valence-electron chi connectivity index (χ2n) is 6.78. The molecular weight excluding hydrogens is 419 g/mol. The third-order valence-electron chi connectivity index (χ3n) is 4.88. The Balaban J connectivity index is 1.71. The summed E-state index contributed by atoms with van der Waals surface area (Å²) in [6, 6.07) is 5.65. The van der Waals surface area contributed by atoms with Crippen molar-refractivity contribution in [1.29, 1.82) is 0 Å². The minimum atomic E-state index is 0.129. The zero-order valence-electron chi connectivity index (χ0n) is 15.1. The predicted molar refractivity (Wildman–Crippen MR) is 117 cm³/mol. The first-order valence-corrected chi connectivity index (χ1v) is 11.8. The van der Waals surface area contributed by atoms with Crippen LogP contribution < -0.4 is 5.56 Å². The lowest BCUT2D eigenvalue weighted by Crippen LogP contribution is -2.23.